The van der Waals surface area contributed by atoms with Crippen molar-refractivity contribution in [1.82, 2.24) is 10.1 Å². The molecule has 6 heteroatoms. The van der Waals surface area contributed by atoms with Crippen LogP contribution in [0.5, 0.6) is 5.75 Å². The summed E-state index contributed by atoms with van der Waals surface area (Å²) in [5.41, 5.74) is 6.16. The largest absolute Gasteiger partial charge is 0.484 e. The summed E-state index contributed by atoms with van der Waals surface area (Å²) in [5, 5.41) is 3.88. The van der Waals surface area contributed by atoms with Crippen LogP contribution >= 0.6 is 0 Å². The van der Waals surface area contributed by atoms with Crippen molar-refractivity contribution in [1.29, 1.82) is 0 Å². The highest BCUT2D eigenvalue weighted by atomic mass is 19.1. The Morgan fingerprint density at radius 1 is 1.37 bits per heavy atom. The molecule has 1 aliphatic rings. The summed E-state index contributed by atoms with van der Waals surface area (Å²) in [6.07, 6.45) is 2.23. The second-order valence-electron chi connectivity index (χ2n) is 4.61. The minimum atomic E-state index is -0.373. The lowest BCUT2D eigenvalue weighted by atomic mass is 10.2. The standard InChI is InChI=1S/C13H14FN3O2/c14-10-3-8(6-15)4-11(5-10)18-7-12-16-13(17-19-12)9-1-2-9/h3-5,9H,1-2,6-7,15H2. The first-order chi connectivity index (χ1) is 9.24. The minimum Gasteiger partial charge on any atom is -0.484 e. The molecule has 100 valence electrons. The third kappa shape index (κ3) is 2.90. The van der Waals surface area contributed by atoms with Crippen LogP contribution in [0.1, 0.15) is 36.0 Å². The monoisotopic (exact) mass is 263 g/mol. The molecule has 1 aliphatic carbocycles. The highest BCUT2D eigenvalue weighted by Gasteiger charge is 2.28. The van der Waals surface area contributed by atoms with Crippen molar-refractivity contribution in [2.24, 2.45) is 5.73 Å². The average Bonchev–Trinajstić information content (AvgIpc) is 3.15. The third-order valence-corrected chi connectivity index (χ3v) is 2.96. The average molecular weight is 263 g/mol. The number of hydrogen-bond acceptors (Lipinski definition) is 5. The Morgan fingerprint density at radius 3 is 2.95 bits per heavy atom. The topological polar surface area (TPSA) is 74.2 Å². The molecule has 1 heterocycles. The minimum absolute atomic E-state index is 0.132. The van der Waals surface area contributed by atoms with Gasteiger partial charge in [0, 0.05) is 18.5 Å². The van der Waals surface area contributed by atoms with Gasteiger partial charge in [0.25, 0.3) is 5.89 Å². The van der Waals surface area contributed by atoms with Crippen LogP contribution in [0, 0.1) is 5.82 Å². The Kier molecular flexibility index (Phi) is 3.16. The molecule has 0 atom stereocenters. The summed E-state index contributed by atoms with van der Waals surface area (Å²) in [6.45, 7) is 0.397. The number of benzene rings is 1. The molecule has 1 saturated carbocycles. The zero-order chi connectivity index (χ0) is 13.2. The van der Waals surface area contributed by atoms with E-state index in [2.05, 4.69) is 10.1 Å². The fraction of sp³-hybridized carbons (Fsp3) is 0.385. The fourth-order valence-electron chi connectivity index (χ4n) is 1.80. The van der Waals surface area contributed by atoms with Gasteiger partial charge in [-0.05, 0) is 30.5 Å². The molecular formula is C13H14FN3O2. The van der Waals surface area contributed by atoms with E-state index in [4.69, 9.17) is 15.0 Å². The van der Waals surface area contributed by atoms with Crippen molar-refractivity contribution in [2.45, 2.75) is 31.9 Å². The lowest BCUT2D eigenvalue weighted by Gasteiger charge is -2.05. The van der Waals surface area contributed by atoms with E-state index >= 15 is 0 Å². The molecule has 0 radical (unpaired) electrons. The summed E-state index contributed by atoms with van der Waals surface area (Å²) in [6, 6.07) is 4.38. The van der Waals surface area contributed by atoms with E-state index in [0.29, 0.717) is 23.1 Å². The molecule has 1 aromatic heterocycles. The van der Waals surface area contributed by atoms with Gasteiger partial charge in [0.15, 0.2) is 12.4 Å². The van der Waals surface area contributed by atoms with Crippen molar-refractivity contribution in [3.63, 3.8) is 0 Å². The number of nitrogens with zero attached hydrogens (tertiary/aromatic N) is 2. The molecule has 2 aromatic rings. The van der Waals surface area contributed by atoms with E-state index in [1.807, 2.05) is 0 Å². The summed E-state index contributed by atoms with van der Waals surface area (Å²) in [5.74, 6) is 1.62. The zero-order valence-electron chi connectivity index (χ0n) is 10.3. The summed E-state index contributed by atoms with van der Waals surface area (Å²) in [7, 11) is 0. The van der Waals surface area contributed by atoms with Crippen LogP contribution in [0.2, 0.25) is 0 Å². The maximum Gasteiger partial charge on any atom is 0.264 e. The maximum atomic E-state index is 13.3. The van der Waals surface area contributed by atoms with Crippen LogP contribution in [-0.4, -0.2) is 10.1 Å². The van der Waals surface area contributed by atoms with Crippen LogP contribution in [0.3, 0.4) is 0 Å². The third-order valence-electron chi connectivity index (χ3n) is 2.96. The summed E-state index contributed by atoms with van der Waals surface area (Å²) < 4.78 is 23.8. The predicted molar refractivity (Wildman–Crippen MR) is 64.9 cm³/mol. The molecule has 1 fully saturated rings. The smallest absolute Gasteiger partial charge is 0.264 e. The van der Waals surface area contributed by atoms with Crippen molar-refractivity contribution >= 4 is 0 Å². The number of hydrogen-bond donors (Lipinski definition) is 1. The van der Waals surface area contributed by atoms with Gasteiger partial charge in [-0.25, -0.2) is 4.39 Å². The Bertz CT molecular complexity index is 581. The van der Waals surface area contributed by atoms with Gasteiger partial charge >= 0.3 is 0 Å². The highest BCUT2D eigenvalue weighted by molar-refractivity contribution is 5.29. The van der Waals surface area contributed by atoms with E-state index in [0.717, 1.165) is 18.7 Å². The van der Waals surface area contributed by atoms with Gasteiger partial charge in [0.05, 0.1) is 0 Å². The fourth-order valence-corrected chi connectivity index (χ4v) is 1.80. The molecule has 2 N–H and O–H groups in total. The molecular weight excluding hydrogens is 249 g/mol. The van der Waals surface area contributed by atoms with E-state index in [1.54, 1.807) is 6.07 Å². The number of rotatable bonds is 5. The molecule has 1 aromatic carbocycles. The molecule has 19 heavy (non-hydrogen) atoms. The zero-order valence-corrected chi connectivity index (χ0v) is 10.3. The maximum absolute atomic E-state index is 13.3. The van der Waals surface area contributed by atoms with E-state index in [9.17, 15) is 4.39 Å². The first kappa shape index (κ1) is 12.1. The molecule has 0 bridgehead atoms. The first-order valence-electron chi connectivity index (χ1n) is 6.19. The van der Waals surface area contributed by atoms with Crippen LogP contribution in [0.4, 0.5) is 4.39 Å². The van der Waals surface area contributed by atoms with E-state index < -0.39 is 0 Å². The first-order valence-corrected chi connectivity index (χ1v) is 6.19. The van der Waals surface area contributed by atoms with Crippen molar-refractivity contribution in [2.75, 3.05) is 0 Å². The Hall–Kier alpha value is -1.95. The molecule has 5 nitrogen and oxygen atoms in total. The van der Waals surface area contributed by atoms with Gasteiger partial charge in [-0.1, -0.05) is 5.16 Å². The Morgan fingerprint density at radius 2 is 2.21 bits per heavy atom. The van der Waals surface area contributed by atoms with Crippen LogP contribution < -0.4 is 10.5 Å². The number of halogens is 1. The SMILES string of the molecule is NCc1cc(F)cc(OCc2nc(C3CC3)no2)c1. The predicted octanol–water partition coefficient (Wildman–Crippen LogP) is 2.12. The molecule has 0 amide bonds. The van der Waals surface area contributed by atoms with Gasteiger partial charge in [0.1, 0.15) is 11.6 Å². The van der Waals surface area contributed by atoms with Gasteiger partial charge in [0.2, 0.25) is 0 Å². The van der Waals surface area contributed by atoms with E-state index in [-0.39, 0.29) is 19.0 Å². The molecule has 0 aliphatic heterocycles. The van der Waals surface area contributed by atoms with E-state index in [1.165, 1.54) is 12.1 Å². The Labute approximate surface area is 109 Å². The second-order valence-corrected chi connectivity index (χ2v) is 4.61. The van der Waals surface area contributed by atoms with Crippen LogP contribution in [0.15, 0.2) is 22.7 Å². The normalized spacial score (nSPS) is 14.6. The number of aromatic nitrogens is 2. The lowest BCUT2D eigenvalue weighted by Crippen LogP contribution is -2.00. The van der Waals surface area contributed by atoms with Crippen molar-refractivity contribution in [3.05, 3.63) is 41.3 Å². The second kappa shape index (κ2) is 4.97. The molecule has 0 saturated heterocycles. The quantitative estimate of drug-likeness (QED) is 0.894. The van der Waals surface area contributed by atoms with Gasteiger partial charge in [-0.2, -0.15) is 4.98 Å². The molecule has 0 unspecified atom stereocenters. The number of ether oxygens (including phenoxy) is 1. The van der Waals surface area contributed by atoms with Gasteiger partial charge in [-0.15, -0.1) is 0 Å². The van der Waals surface area contributed by atoms with Crippen molar-refractivity contribution < 1.29 is 13.7 Å². The number of nitrogens with two attached hydrogens (primary N) is 1. The summed E-state index contributed by atoms with van der Waals surface area (Å²) >= 11 is 0. The Balaban J connectivity index is 1.65. The van der Waals surface area contributed by atoms with Gasteiger partial charge < -0.3 is 15.0 Å². The highest BCUT2D eigenvalue weighted by Crippen LogP contribution is 2.38. The molecule has 0 spiro atoms. The van der Waals surface area contributed by atoms with Crippen LogP contribution in [-0.2, 0) is 13.2 Å². The van der Waals surface area contributed by atoms with Gasteiger partial charge in [-0.3, -0.25) is 0 Å². The van der Waals surface area contributed by atoms with Crippen molar-refractivity contribution in [3.8, 4) is 5.75 Å². The summed E-state index contributed by atoms with van der Waals surface area (Å²) in [4.78, 5) is 4.23. The lowest BCUT2D eigenvalue weighted by molar-refractivity contribution is 0.241. The van der Waals surface area contributed by atoms with Crippen LogP contribution in [0.25, 0.3) is 0 Å². The molecule has 3 rings (SSSR count).